The summed E-state index contributed by atoms with van der Waals surface area (Å²) in [7, 11) is 0. The predicted molar refractivity (Wildman–Crippen MR) is 61.8 cm³/mol. The van der Waals surface area contributed by atoms with Crippen LogP contribution in [0.25, 0.3) is 0 Å². The normalized spacial score (nSPS) is 11.3. The maximum Gasteiger partial charge on any atom is 0.329 e. The number of aryl methyl sites for hydroxylation is 1. The smallest absolute Gasteiger partial charge is 0.329 e. The molecule has 0 aromatic carbocycles. The largest absolute Gasteiger partial charge is 0.480 e. The van der Waals surface area contributed by atoms with E-state index in [1.165, 1.54) is 18.7 Å². The van der Waals surface area contributed by atoms with E-state index in [2.05, 4.69) is 10.2 Å². The van der Waals surface area contributed by atoms with Gasteiger partial charge in [0.2, 0.25) is 0 Å². The summed E-state index contributed by atoms with van der Waals surface area (Å²) >= 11 is 0. The Labute approximate surface area is 99.6 Å². The summed E-state index contributed by atoms with van der Waals surface area (Å²) in [6.07, 6.45) is 0. The van der Waals surface area contributed by atoms with Gasteiger partial charge >= 0.3 is 5.97 Å². The van der Waals surface area contributed by atoms with Crippen molar-refractivity contribution in [3.63, 3.8) is 0 Å². The molecule has 0 aliphatic carbocycles. The highest BCUT2D eigenvalue weighted by atomic mass is 16.4. The second-order valence-corrected chi connectivity index (χ2v) is 4.35. The van der Waals surface area contributed by atoms with Gasteiger partial charge in [0.15, 0.2) is 0 Å². The Hall–Kier alpha value is -1.85. The third-order valence-electron chi connectivity index (χ3n) is 2.68. The fraction of sp³-hybridized carbons (Fsp3) is 0.545. The van der Waals surface area contributed by atoms with E-state index in [1.54, 1.807) is 19.9 Å². The van der Waals surface area contributed by atoms with Crippen LogP contribution in [0.15, 0.2) is 6.07 Å². The van der Waals surface area contributed by atoms with Gasteiger partial charge in [-0.25, -0.2) is 4.79 Å². The van der Waals surface area contributed by atoms with Crippen molar-refractivity contribution < 1.29 is 14.7 Å². The number of amides is 1. The number of hydrogen-bond acceptors (Lipinski definition) is 3. The lowest BCUT2D eigenvalue weighted by atomic mass is 10.0. The number of aromatic nitrogens is 2. The summed E-state index contributed by atoms with van der Waals surface area (Å²) in [5.41, 5.74) is -0.255. The first-order valence-electron chi connectivity index (χ1n) is 5.38. The van der Waals surface area contributed by atoms with Crippen molar-refractivity contribution in [2.24, 2.45) is 0 Å². The van der Waals surface area contributed by atoms with E-state index in [0.29, 0.717) is 6.54 Å². The number of likely N-dealkylation sites (N-methyl/N-ethyl adjacent to an activating group) is 1. The molecule has 0 saturated heterocycles. The summed E-state index contributed by atoms with van der Waals surface area (Å²) in [5.74, 6) is -1.43. The molecule has 0 atom stereocenters. The van der Waals surface area contributed by atoms with E-state index in [-0.39, 0.29) is 11.6 Å². The molecule has 17 heavy (non-hydrogen) atoms. The third kappa shape index (κ3) is 2.46. The molecule has 6 nitrogen and oxygen atoms in total. The first-order valence-corrected chi connectivity index (χ1v) is 5.38. The van der Waals surface area contributed by atoms with Gasteiger partial charge in [0.05, 0.1) is 0 Å². The van der Waals surface area contributed by atoms with Crippen molar-refractivity contribution in [2.45, 2.75) is 33.2 Å². The minimum absolute atomic E-state index is 0.235. The van der Waals surface area contributed by atoms with E-state index in [1.807, 2.05) is 0 Å². The predicted octanol–water partition coefficient (Wildman–Crippen LogP) is 1.04. The molecule has 0 spiro atoms. The Balaban J connectivity index is 3.04. The minimum atomic E-state index is -1.25. The lowest BCUT2D eigenvalue weighted by Gasteiger charge is -2.33. The summed E-state index contributed by atoms with van der Waals surface area (Å²) in [6.45, 7) is 6.82. The molecular weight excluding hydrogens is 222 g/mol. The van der Waals surface area contributed by atoms with E-state index < -0.39 is 11.5 Å². The molecule has 0 bridgehead atoms. The van der Waals surface area contributed by atoms with Gasteiger partial charge in [-0.1, -0.05) is 0 Å². The quantitative estimate of drug-likeness (QED) is 0.822. The SMILES string of the molecule is CCN(C(=O)c1cc(C)[nH]n1)C(C)(C)C(=O)O. The zero-order valence-corrected chi connectivity index (χ0v) is 10.4. The van der Waals surface area contributed by atoms with E-state index in [9.17, 15) is 9.59 Å². The second kappa shape index (κ2) is 4.57. The average Bonchev–Trinajstić information content (AvgIpc) is 2.65. The van der Waals surface area contributed by atoms with Crippen LogP contribution in [0, 0.1) is 6.92 Å². The highest BCUT2D eigenvalue weighted by molar-refractivity contribution is 5.96. The van der Waals surface area contributed by atoms with Crippen molar-refractivity contribution in [3.05, 3.63) is 17.5 Å². The number of aliphatic carboxylic acids is 1. The van der Waals surface area contributed by atoms with Crippen molar-refractivity contribution >= 4 is 11.9 Å². The summed E-state index contributed by atoms with van der Waals surface area (Å²) in [5, 5.41) is 15.6. The van der Waals surface area contributed by atoms with Crippen LogP contribution in [0.2, 0.25) is 0 Å². The number of rotatable bonds is 4. The molecule has 0 unspecified atom stereocenters. The van der Waals surface area contributed by atoms with E-state index in [0.717, 1.165) is 5.69 Å². The lowest BCUT2D eigenvalue weighted by Crippen LogP contribution is -2.53. The standard InChI is InChI=1S/C11H17N3O3/c1-5-14(11(3,4)10(16)17)9(15)8-6-7(2)12-13-8/h6H,5H2,1-4H3,(H,12,13)(H,16,17). The van der Waals surface area contributed by atoms with Crippen LogP contribution < -0.4 is 0 Å². The molecule has 0 aliphatic rings. The number of H-pyrrole nitrogens is 1. The maximum absolute atomic E-state index is 12.1. The van der Waals surface area contributed by atoms with Crippen molar-refractivity contribution in [1.29, 1.82) is 0 Å². The Morgan fingerprint density at radius 2 is 2.12 bits per heavy atom. The van der Waals surface area contributed by atoms with Crippen LogP contribution in [0.3, 0.4) is 0 Å². The van der Waals surface area contributed by atoms with Crippen molar-refractivity contribution in [3.8, 4) is 0 Å². The van der Waals surface area contributed by atoms with Gasteiger partial charge in [-0.2, -0.15) is 5.10 Å². The number of carboxylic acids is 1. The number of carbonyl (C=O) groups is 2. The molecule has 1 aromatic rings. The number of hydrogen-bond donors (Lipinski definition) is 2. The summed E-state index contributed by atoms with van der Waals surface area (Å²) in [6, 6.07) is 1.60. The second-order valence-electron chi connectivity index (χ2n) is 4.35. The third-order valence-corrected chi connectivity index (χ3v) is 2.68. The van der Waals surface area contributed by atoms with Crippen LogP contribution in [0.5, 0.6) is 0 Å². The van der Waals surface area contributed by atoms with Crippen molar-refractivity contribution in [1.82, 2.24) is 15.1 Å². The van der Waals surface area contributed by atoms with Gasteiger partial charge < -0.3 is 10.0 Å². The minimum Gasteiger partial charge on any atom is -0.480 e. The topological polar surface area (TPSA) is 86.3 Å². The Morgan fingerprint density at radius 1 is 1.53 bits per heavy atom. The molecule has 1 amide bonds. The monoisotopic (exact) mass is 239 g/mol. The molecule has 1 heterocycles. The van der Waals surface area contributed by atoms with Crippen LogP contribution in [0.1, 0.15) is 37.0 Å². The molecule has 0 saturated carbocycles. The number of carbonyl (C=O) groups excluding carboxylic acids is 1. The summed E-state index contributed by atoms with van der Waals surface area (Å²) in [4.78, 5) is 24.5. The van der Waals surface area contributed by atoms with Gasteiger partial charge in [-0.3, -0.25) is 9.89 Å². The Morgan fingerprint density at radius 3 is 2.47 bits per heavy atom. The van der Waals surface area contributed by atoms with E-state index >= 15 is 0 Å². The number of aromatic amines is 1. The number of carboxylic acid groups (broad SMARTS) is 1. The molecule has 6 heteroatoms. The van der Waals surface area contributed by atoms with Crippen LogP contribution in [-0.2, 0) is 4.79 Å². The molecular formula is C11H17N3O3. The fourth-order valence-corrected chi connectivity index (χ4v) is 1.57. The molecule has 0 fully saturated rings. The average molecular weight is 239 g/mol. The van der Waals surface area contributed by atoms with Gasteiger partial charge in [0.1, 0.15) is 11.2 Å². The molecule has 2 N–H and O–H groups in total. The van der Waals surface area contributed by atoms with E-state index in [4.69, 9.17) is 5.11 Å². The highest BCUT2D eigenvalue weighted by Gasteiger charge is 2.37. The van der Waals surface area contributed by atoms with Gasteiger partial charge in [-0.15, -0.1) is 0 Å². The molecule has 94 valence electrons. The zero-order chi connectivity index (χ0) is 13.2. The number of nitrogens with zero attached hydrogens (tertiary/aromatic N) is 2. The first-order chi connectivity index (χ1) is 7.80. The maximum atomic E-state index is 12.1. The lowest BCUT2D eigenvalue weighted by molar-refractivity contribution is -0.147. The molecule has 1 aromatic heterocycles. The highest BCUT2D eigenvalue weighted by Crippen LogP contribution is 2.17. The zero-order valence-electron chi connectivity index (χ0n) is 10.4. The molecule has 0 radical (unpaired) electrons. The molecule has 1 rings (SSSR count). The van der Waals surface area contributed by atoms with Crippen LogP contribution in [0.4, 0.5) is 0 Å². The van der Waals surface area contributed by atoms with Gasteiger partial charge in [0.25, 0.3) is 5.91 Å². The number of nitrogens with one attached hydrogen (secondary N) is 1. The first kappa shape index (κ1) is 13.2. The van der Waals surface area contributed by atoms with Gasteiger partial charge in [-0.05, 0) is 33.8 Å². The van der Waals surface area contributed by atoms with Crippen LogP contribution >= 0.6 is 0 Å². The molecule has 0 aliphatic heterocycles. The summed E-state index contributed by atoms with van der Waals surface area (Å²) < 4.78 is 0. The van der Waals surface area contributed by atoms with Crippen LogP contribution in [-0.4, -0.2) is 44.2 Å². The Kier molecular flexibility index (Phi) is 3.55. The van der Waals surface area contributed by atoms with Crippen molar-refractivity contribution in [2.75, 3.05) is 6.54 Å². The van der Waals surface area contributed by atoms with Gasteiger partial charge in [0, 0.05) is 12.2 Å². The fourth-order valence-electron chi connectivity index (χ4n) is 1.57. The Bertz CT molecular complexity index is 437.